The number of nitrogens with zero attached hydrogens (tertiary/aromatic N) is 1. The minimum atomic E-state index is -0.0794. The molecular weight excluding hydrogens is 240 g/mol. The van der Waals surface area contributed by atoms with Gasteiger partial charge in [0.25, 0.3) is 0 Å². The molecule has 0 amide bonds. The van der Waals surface area contributed by atoms with Crippen molar-refractivity contribution in [1.29, 1.82) is 0 Å². The zero-order valence-electron chi connectivity index (χ0n) is 10.6. The number of hydrogen-bond acceptors (Lipinski definition) is 3. The fourth-order valence-corrected chi connectivity index (χ4v) is 2.94. The topological polar surface area (TPSA) is 24.4 Å². The van der Waals surface area contributed by atoms with Gasteiger partial charge in [-0.1, -0.05) is 30.3 Å². The maximum Gasteiger partial charge on any atom is 0.0979 e. The van der Waals surface area contributed by atoms with E-state index >= 15 is 0 Å². The van der Waals surface area contributed by atoms with Crippen LogP contribution in [0.3, 0.4) is 0 Å². The molecule has 0 spiro atoms. The Morgan fingerprint density at radius 2 is 1.94 bits per heavy atom. The maximum absolute atomic E-state index is 4.95. The zero-order chi connectivity index (χ0) is 12.6. The smallest absolute Gasteiger partial charge is 0.0979 e. The molecule has 0 bridgehead atoms. The number of benzene rings is 1. The normalized spacial score (nSPS) is 17.3. The minimum absolute atomic E-state index is 0.0794. The highest BCUT2D eigenvalue weighted by molar-refractivity contribution is 7.14. The van der Waals surface area contributed by atoms with Gasteiger partial charge in [-0.25, -0.2) is 0 Å². The average Bonchev–Trinajstić information content (AvgIpc) is 2.78. The standard InChI is InChI=1S/C15H16N2S/c1-15(2)10-16-14-12(8-9-18-14)13(17-15)11-6-4-3-5-7-11/h3-9,16H,10H2,1-2H3. The lowest BCUT2D eigenvalue weighted by Gasteiger charge is -2.19. The average molecular weight is 256 g/mol. The molecule has 2 heterocycles. The monoisotopic (exact) mass is 256 g/mol. The van der Waals surface area contributed by atoms with Crippen molar-refractivity contribution < 1.29 is 0 Å². The van der Waals surface area contributed by atoms with E-state index in [0.29, 0.717) is 0 Å². The van der Waals surface area contributed by atoms with E-state index < -0.39 is 0 Å². The van der Waals surface area contributed by atoms with Gasteiger partial charge in [0, 0.05) is 17.7 Å². The van der Waals surface area contributed by atoms with Crippen LogP contribution in [0, 0.1) is 0 Å². The summed E-state index contributed by atoms with van der Waals surface area (Å²) in [4.78, 5) is 4.95. The maximum atomic E-state index is 4.95. The summed E-state index contributed by atoms with van der Waals surface area (Å²) in [6.45, 7) is 5.20. The summed E-state index contributed by atoms with van der Waals surface area (Å²) >= 11 is 1.75. The van der Waals surface area contributed by atoms with E-state index in [1.165, 1.54) is 16.1 Å². The molecule has 0 aliphatic carbocycles. The first-order valence-corrected chi connectivity index (χ1v) is 7.01. The molecule has 1 aliphatic rings. The second-order valence-electron chi connectivity index (χ2n) is 5.16. The molecule has 0 unspecified atom stereocenters. The third-order valence-corrected chi connectivity index (χ3v) is 3.94. The van der Waals surface area contributed by atoms with Crippen LogP contribution in [0.2, 0.25) is 0 Å². The van der Waals surface area contributed by atoms with Crippen LogP contribution >= 0.6 is 11.3 Å². The number of anilines is 1. The largest absolute Gasteiger partial charge is 0.374 e. The lowest BCUT2D eigenvalue weighted by atomic mass is 10.0. The number of thiophene rings is 1. The Labute approximate surface area is 111 Å². The number of rotatable bonds is 1. The van der Waals surface area contributed by atoms with E-state index in [2.05, 4.69) is 54.9 Å². The quantitative estimate of drug-likeness (QED) is 0.824. The van der Waals surface area contributed by atoms with Crippen LogP contribution in [0.15, 0.2) is 46.8 Å². The zero-order valence-corrected chi connectivity index (χ0v) is 11.4. The third kappa shape index (κ3) is 2.06. The molecule has 3 rings (SSSR count). The molecule has 1 N–H and O–H groups in total. The summed E-state index contributed by atoms with van der Waals surface area (Å²) in [5.74, 6) is 0. The van der Waals surface area contributed by atoms with Gasteiger partial charge in [0.1, 0.15) is 0 Å². The molecule has 0 radical (unpaired) electrons. The van der Waals surface area contributed by atoms with Crippen molar-refractivity contribution in [2.45, 2.75) is 19.4 Å². The number of fused-ring (bicyclic) bond motifs is 1. The summed E-state index contributed by atoms with van der Waals surface area (Å²) in [6.07, 6.45) is 0. The number of hydrogen-bond donors (Lipinski definition) is 1. The van der Waals surface area contributed by atoms with Gasteiger partial charge in [0.2, 0.25) is 0 Å². The molecule has 3 heteroatoms. The highest BCUT2D eigenvalue weighted by atomic mass is 32.1. The van der Waals surface area contributed by atoms with E-state index in [1.54, 1.807) is 11.3 Å². The summed E-state index contributed by atoms with van der Waals surface area (Å²) < 4.78 is 0. The predicted molar refractivity (Wildman–Crippen MR) is 79.0 cm³/mol. The first-order valence-electron chi connectivity index (χ1n) is 6.13. The Morgan fingerprint density at radius 1 is 1.17 bits per heavy atom. The van der Waals surface area contributed by atoms with Gasteiger partial charge < -0.3 is 5.32 Å². The van der Waals surface area contributed by atoms with Gasteiger partial charge in [-0.2, -0.15) is 0 Å². The van der Waals surface area contributed by atoms with Crippen LogP contribution in [0.5, 0.6) is 0 Å². The molecular formula is C15H16N2S. The van der Waals surface area contributed by atoms with Crippen molar-refractivity contribution in [3.63, 3.8) is 0 Å². The van der Waals surface area contributed by atoms with Gasteiger partial charge in [-0.15, -0.1) is 11.3 Å². The van der Waals surface area contributed by atoms with Crippen molar-refractivity contribution in [3.8, 4) is 0 Å². The molecule has 0 fully saturated rings. The Morgan fingerprint density at radius 3 is 2.72 bits per heavy atom. The Hall–Kier alpha value is -1.61. The van der Waals surface area contributed by atoms with Crippen molar-refractivity contribution >= 4 is 22.0 Å². The van der Waals surface area contributed by atoms with Crippen LogP contribution in [-0.2, 0) is 0 Å². The summed E-state index contributed by atoms with van der Waals surface area (Å²) in [5.41, 5.74) is 3.43. The summed E-state index contributed by atoms with van der Waals surface area (Å²) in [5, 5.41) is 6.84. The Balaban J connectivity index is 2.18. The molecule has 1 aromatic heterocycles. The van der Waals surface area contributed by atoms with Crippen molar-refractivity contribution in [3.05, 3.63) is 52.9 Å². The number of aliphatic imine (C=N–C) groups is 1. The van der Waals surface area contributed by atoms with Crippen LogP contribution in [0.25, 0.3) is 0 Å². The Bertz CT molecular complexity index is 582. The van der Waals surface area contributed by atoms with Gasteiger partial charge in [-0.3, -0.25) is 4.99 Å². The predicted octanol–water partition coefficient (Wildman–Crippen LogP) is 3.79. The number of nitrogens with one attached hydrogen (secondary N) is 1. The van der Waals surface area contributed by atoms with Crippen molar-refractivity contribution in [1.82, 2.24) is 0 Å². The van der Waals surface area contributed by atoms with E-state index in [0.717, 1.165) is 12.3 Å². The molecule has 18 heavy (non-hydrogen) atoms. The van der Waals surface area contributed by atoms with E-state index in [4.69, 9.17) is 4.99 Å². The first kappa shape index (κ1) is 11.5. The lowest BCUT2D eigenvalue weighted by molar-refractivity contribution is 0.556. The summed E-state index contributed by atoms with van der Waals surface area (Å²) in [7, 11) is 0. The first-order chi connectivity index (χ1) is 8.66. The SMILES string of the molecule is CC1(C)CNc2sccc2C(c2ccccc2)=N1. The molecule has 92 valence electrons. The fourth-order valence-electron chi connectivity index (χ4n) is 2.15. The molecule has 1 aliphatic heterocycles. The highest BCUT2D eigenvalue weighted by Gasteiger charge is 2.24. The Kier molecular flexibility index (Phi) is 2.71. The molecule has 0 saturated carbocycles. The van der Waals surface area contributed by atoms with Crippen LogP contribution < -0.4 is 5.32 Å². The molecule has 1 aromatic carbocycles. The molecule has 2 nitrogen and oxygen atoms in total. The highest BCUT2D eigenvalue weighted by Crippen LogP contribution is 2.31. The second kappa shape index (κ2) is 4.25. The lowest BCUT2D eigenvalue weighted by Crippen LogP contribution is -2.27. The van der Waals surface area contributed by atoms with Gasteiger partial charge in [0.05, 0.1) is 16.3 Å². The van der Waals surface area contributed by atoms with Gasteiger partial charge in [-0.05, 0) is 25.3 Å². The van der Waals surface area contributed by atoms with E-state index in [-0.39, 0.29) is 5.54 Å². The van der Waals surface area contributed by atoms with Gasteiger partial charge in [0.15, 0.2) is 0 Å². The summed E-state index contributed by atoms with van der Waals surface area (Å²) in [6, 6.07) is 12.6. The van der Waals surface area contributed by atoms with Crippen molar-refractivity contribution in [2.75, 3.05) is 11.9 Å². The van der Waals surface area contributed by atoms with Gasteiger partial charge >= 0.3 is 0 Å². The van der Waals surface area contributed by atoms with Crippen LogP contribution in [0.4, 0.5) is 5.00 Å². The van der Waals surface area contributed by atoms with E-state index in [9.17, 15) is 0 Å². The van der Waals surface area contributed by atoms with Crippen LogP contribution in [0.1, 0.15) is 25.0 Å². The molecule has 0 saturated heterocycles. The van der Waals surface area contributed by atoms with Crippen LogP contribution in [-0.4, -0.2) is 17.8 Å². The fraction of sp³-hybridized carbons (Fsp3) is 0.267. The molecule has 2 aromatic rings. The minimum Gasteiger partial charge on any atom is -0.374 e. The third-order valence-electron chi connectivity index (χ3n) is 3.06. The van der Waals surface area contributed by atoms with Crippen molar-refractivity contribution in [2.24, 2.45) is 4.99 Å². The molecule has 0 atom stereocenters. The second-order valence-corrected chi connectivity index (χ2v) is 6.07. The van der Waals surface area contributed by atoms with E-state index in [1.807, 2.05) is 6.07 Å².